The first-order chi connectivity index (χ1) is 12.3. The van der Waals surface area contributed by atoms with Gasteiger partial charge >= 0.3 is 0 Å². The molecule has 0 unspecified atom stereocenters. The van der Waals surface area contributed by atoms with Gasteiger partial charge in [0.1, 0.15) is 6.33 Å². The molecule has 3 N–H and O–H groups in total. The van der Waals surface area contributed by atoms with Gasteiger partial charge in [-0.3, -0.25) is 15.2 Å². The quantitative estimate of drug-likeness (QED) is 0.480. The largest absolute Gasteiger partial charge is 0.324 e. The number of nitrogens with one attached hydrogen (secondary N) is 3. The Kier molecular flexibility index (Phi) is 4.17. The van der Waals surface area contributed by atoms with Crippen LogP contribution in [-0.4, -0.2) is 31.1 Å². The molecule has 0 fully saturated rings. The number of carbonyl (C=O) groups excluding carboxylic acids is 1. The molecule has 0 aliphatic heterocycles. The molecule has 0 aliphatic carbocycles. The molecule has 4 aromatic rings. The molecule has 0 atom stereocenters. The lowest BCUT2D eigenvalue weighted by molar-refractivity contribution is 0.102. The normalized spacial score (nSPS) is 10.9. The third-order valence-electron chi connectivity index (χ3n) is 3.61. The summed E-state index contributed by atoms with van der Waals surface area (Å²) in [6, 6.07) is 15.1. The number of hydrogen-bond acceptors (Lipinski definition) is 5. The second kappa shape index (κ2) is 6.78. The minimum atomic E-state index is -0.200. The third kappa shape index (κ3) is 3.53. The van der Waals surface area contributed by atoms with Crippen LogP contribution >= 0.6 is 11.8 Å². The van der Waals surface area contributed by atoms with Crippen molar-refractivity contribution in [2.45, 2.75) is 10.9 Å². The summed E-state index contributed by atoms with van der Waals surface area (Å²) in [7, 11) is 0. The molecule has 1 amide bonds. The average Bonchev–Trinajstić information content (AvgIpc) is 3.29. The molecule has 0 aliphatic rings. The van der Waals surface area contributed by atoms with Gasteiger partial charge in [-0.25, -0.2) is 9.97 Å². The highest BCUT2D eigenvalue weighted by molar-refractivity contribution is 7.98. The van der Waals surface area contributed by atoms with Gasteiger partial charge in [0, 0.05) is 11.3 Å². The van der Waals surface area contributed by atoms with E-state index in [4.69, 9.17) is 0 Å². The summed E-state index contributed by atoms with van der Waals surface area (Å²) >= 11 is 1.55. The minimum Gasteiger partial charge on any atom is -0.324 e. The lowest BCUT2D eigenvalue weighted by Crippen LogP contribution is -2.12. The van der Waals surface area contributed by atoms with E-state index in [0.29, 0.717) is 11.5 Å². The van der Waals surface area contributed by atoms with Crippen LogP contribution in [0.1, 0.15) is 15.9 Å². The number of anilines is 1. The Hall–Kier alpha value is -3.13. The van der Waals surface area contributed by atoms with Crippen LogP contribution in [0.3, 0.4) is 0 Å². The number of rotatable bonds is 5. The van der Waals surface area contributed by atoms with E-state index in [1.807, 2.05) is 36.4 Å². The lowest BCUT2D eigenvalue weighted by Gasteiger charge is -2.04. The van der Waals surface area contributed by atoms with Gasteiger partial charge in [-0.15, -0.1) is 0 Å². The number of carbonyl (C=O) groups is 1. The molecular formula is C17H14N6OS. The molecule has 2 heterocycles. The molecule has 0 saturated heterocycles. The molecule has 25 heavy (non-hydrogen) atoms. The first kappa shape index (κ1) is 15.4. The van der Waals surface area contributed by atoms with Crippen molar-refractivity contribution in [2.75, 3.05) is 5.32 Å². The topological polar surface area (TPSA) is 99.3 Å². The van der Waals surface area contributed by atoms with E-state index in [1.165, 1.54) is 6.33 Å². The van der Waals surface area contributed by atoms with Crippen molar-refractivity contribution < 1.29 is 4.79 Å². The van der Waals surface area contributed by atoms with Crippen molar-refractivity contribution >= 4 is 34.7 Å². The molecule has 0 bridgehead atoms. The molecule has 7 nitrogen and oxygen atoms in total. The lowest BCUT2D eigenvalue weighted by atomic mass is 10.1. The Bertz CT molecular complexity index is 961. The maximum Gasteiger partial charge on any atom is 0.257 e. The van der Waals surface area contributed by atoms with Crippen molar-refractivity contribution in [3.63, 3.8) is 0 Å². The molecule has 8 heteroatoms. The number of thioether (sulfide) groups is 1. The average molecular weight is 350 g/mol. The number of para-hydroxylation sites is 2. The Labute approximate surface area is 147 Å². The number of nitrogens with zero attached hydrogens (tertiary/aromatic N) is 3. The number of H-pyrrole nitrogens is 2. The highest BCUT2D eigenvalue weighted by Crippen LogP contribution is 2.19. The minimum absolute atomic E-state index is 0.200. The molecule has 2 aromatic heterocycles. The highest BCUT2D eigenvalue weighted by Gasteiger charge is 2.09. The standard InChI is InChI=1S/C17H14N6OS/c24-15(22-16-20-13-3-1-2-4-14(13)21-16)12-7-5-11(6-8-12)9-25-17-18-10-19-23-17/h1-8,10H,9H2,(H,18,19,23)(H2,20,21,22,24). The third-order valence-corrected chi connectivity index (χ3v) is 4.55. The fourth-order valence-electron chi connectivity index (χ4n) is 2.36. The van der Waals surface area contributed by atoms with Crippen molar-refractivity contribution in [3.8, 4) is 0 Å². The van der Waals surface area contributed by atoms with Gasteiger partial charge in [-0.1, -0.05) is 36.0 Å². The zero-order valence-electron chi connectivity index (χ0n) is 13.1. The van der Waals surface area contributed by atoms with E-state index >= 15 is 0 Å². The fraction of sp³-hybridized carbons (Fsp3) is 0.0588. The van der Waals surface area contributed by atoms with Crippen LogP contribution in [0.15, 0.2) is 60.0 Å². The Morgan fingerprint density at radius 3 is 2.72 bits per heavy atom. The van der Waals surface area contributed by atoms with E-state index < -0.39 is 0 Å². The van der Waals surface area contributed by atoms with Crippen molar-refractivity contribution in [3.05, 3.63) is 66.0 Å². The summed E-state index contributed by atoms with van der Waals surface area (Å²) in [5.41, 5.74) is 3.38. The zero-order chi connectivity index (χ0) is 17.1. The first-order valence-electron chi connectivity index (χ1n) is 7.61. The number of amides is 1. The summed E-state index contributed by atoms with van der Waals surface area (Å²) < 4.78 is 0. The van der Waals surface area contributed by atoms with Gasteiger partial charge in [0.25, 0.3) is 5.91 Å². The van der Waals surface area contributed by atoms with Crippen molar-refractivity contribution in [2.24, 2.45) is 0 Å². The van der Waals surface area contributed by atoms with Crippen molar-refractivity contribution in [1.82, 2.24) is 25.1 Å². The number of benzene rings is 2. The summed E-state index contributed by atoms with van der Waals surface area (Å²) in [6.07, 6.45) is 1.48. The predicted octanol–water partition coefficient (Wildman–Crippen LogP) is 3.23. The maximum atomic E-state index is 12.3. The maximum absolute atomic E-state index is 12.3. The number of fused-ring (bicyclic) bond motifs is 1. The number of imidazole rings is 1. The van der Waals surface area contributed by atoms with Crippen LogP contribution in [0.4, 0.5) is 5.95 Å². The Balaban J connectivity index is 1.41. The predicted molar refractivity (Wildman–Crippen MR) is 96.4 cm³/mol. The SMILES string of the molecule is O=C(Nc1nc2ccccc2[nH]1)c1ccc(CSc2ncn[nH]2)cc1. The fourth-order valence-corrected chi connectivity index (χ4v) is 3.09. The zero-order valence-corrected chi connectivity index (χ0v) is 13.9. The highest BCUT2D eigenvalue weighted by atomic mass is 32.2. The molecular weight excluding hydrogens is 336 g/mol. The molecule has 0 spiro atoms. The van der Waals surface area contributed by atoms with Gasteiger partial charge in [0.05, 0.1) is 11.0 Å². The molecule has 0 radical (unpaired) electrons. The van der Waals surface area contributed by atoms with E-state index in [0.717, 1.165) is 27.5 Å². The summed E-state index contributed by atoms with van der Waals surface area (Å²) in [6.45, 7) is 0. The Morgan fingerprint density at radius 2 is 1.96 bits per heavy atom. The van der Waals surface area contributed by atoms with Crippen LogP contribution in [0.2, 0.25) is 0 Å². The number of hydrogen-bond donors (Lipinski definition) is 3. The summed E-state index contributed by atoms with van der Waals surface area (Å²) in [5.74, 6) is 0.991. The van der Waals surface area contributed by atoms with Gasteiger partial charge in [0.15, 0.2) is 5.16 Å². The van der Waals surface area contributed by atoms with Crippen LogP contribution < -0.4 is 5.32 Å². The van der Waals surface area contributed by atoms with Gasteiger partial charge < -0.3 is 4.98 Å². The van der Waals surface area contributed by atoms with E-state index in [9.17, 15) is 4.79 Å². The molecule has 0 saturated carbocycles. The van der Waals surface area contributed by atoms with Gasteiger partial charge in [-0.05, 0) is 29.8 Å². The van der Waals surface area contributed by atoms with E-state index in [2.05, 4.69) is 30.5 Å². The second-order valence-electron chi connectivity index (χ2n) is 5.33. The number of aromatic amines is 2. The number of aromatic nitrogens is 5. The summed E-state index contributed by atoms with van der Waals surface area (Å²) in [5, 5.41) is 10.2. The second-order valence-corrected chi connectivity index (χ2v) is 6.30. The Morgan fingerprint density at radius 1 is 1.12 bits per heavy atom. The monoisotopic (exact) mass is 350 g/mol. The van der Waals surface area contributed by atoms with Crippen molar-refractivity contribution in [1.29, 1.82) is 0 Å². The summed E-state index contributed by atoms with van der Waals surface area (Å²) in [4.78, 5) is 23.8. The van der Waals surface area contributed by atoms with Gasteiger partial charge in [0.2, 0.25) is 5.95 Å². The van der Waals surface area contributed by atoms with Crippen LogP contribution in [0, 0.1) is 0 Å². The van der Waals surface area contributed by atoms with Gasteiger partial charge in [-0.2, -0.15) is 5.10 Å². The van der Waals surface area contributed by atoms with Crippen LogP contribution in [0.5, 0.6) is 0 Å². The van der Waals surface area contributed by atoms with Crippen LogP contribution in [-0.2, 0) is 5.75 Å². The smallest absolute Gasteiger partial charge is 0.257 e. The molecule has 124 valence electrons. The van der Waals surface area contributed by atoms with E-state index in [-0.39, 0.29) is 5.91 Å². The molecule has 4 rings (SSSR count). The van der Waals surface area contributed by atoms with E-state index in [1.54, 1.807) is 23.9 Å². The first-order valence-corrected chi connectivity index (χ1v) is 8.60. The van der Waals surface area contributed by atoms with Crippen LogP contribution in [0.25, 0.3) is 11.0 Å². The molecule has 2 aromatic carbocycles.